The van der Waals surface area contributed by atoms with Gasteiger partial charge in [0.05, 0.1) is 0 Å². The fraction of sp³-hybridized carbons (Fsp3) is 0.455. The molecule has 2 rings (SSSR count). The summed E-state index contributed by atoms with van der Waals surface area (Å²) >= 11 is 0. The van der Waals surface area contributed by atoms with Crippen molar-refractivity contribution in [1.82, 2.24) is 14.2 Å². The zero-order chi connectivity index (χ0) is 14.0. The molecule has 0 aliphatic carbocycles. The third kappa shape index (κ3) is 3.28. The molecule has 0 unspecified atom stereocenters. The van der Waals surface area contributed by atoms with Crippen LogP contribution in [0.4, 0.5) is 0 Å². The Bertz CT molecular complexity index is 579. The van der Waals surface area contributed by atoms with E-state index in [4.69, 9.17) is 5.14 Å². The van der Waals surface area contributed by atoms with Gasteiger partial charge >= 0.3 is 0 Å². The van der Waals surface area contributed by atoms with Gasteiger partial charge in [-0.3, -0.25) is 4.79 Å². The standard InChI is InChI=1S/C11H16N4O3S/c1-9-3-2-4-10(13-9)11(16)14-5-7-15(8-6-14)19(12,17)18/h2-4H,5-8H2,1H3,(H2,12,17,18). The molecule has 1 aromatic heterocycles. The average Bonchev–Trinajstić information content (AvgIpc) is 2.37. The predicted molar refractivity (Wildman–Crippen MR) is 69.6 cm³/mol. The number of amides is 1. The highest BCUT2D eigenvalue weighted by molar-refractivity contribution is 7.86. The normalized spacial score (nSPS) is 17.5. The van der Waals surface area contributed by atoms with Gasteiger partial charge in [0.2, 0.25) is 0 Å². The maximum atomic E-state index is 12.2. The molecule has 1 aliphatic rings. The van der Waals surface area contributed by atoms with E-state index < -0.39 is 10.2 Å². The maximum Gasteiger partial charge on any atom is 0.277 e. The second kappa shape index (κ2) is 5.24. The van der Waals surface area contributed by atoms with Gasteiger partial charge in [0, 0.05) is 31.9 Å². The second-order valence-electron chi connectivity index (χ2n) is 4.40. The number of nitrogens with two attached hydrogens (primary N) is 1. The van der Waals surface area contributed by atoms with Crippen molar-refractivity contribution in [2.24, 2.45) is 5.14 Å². The van der Waals surface area contributed by atoms with Gasteiger partial charge in [-0.25, -0.2) is 10.1 Å². The van der Waals surface area contributed by atoms with Gasteiger partial charge in [0.15, 0.2) is 0 Å². The molecule has 1 amide bonds. The van der Waals surface area contributed by atoms with Crippen LogP contribution in [0.25, 0.3) is 0 Å². The fourth-order valence-electron chi connectivity index (χ4n) is 1.97. The Kier molecular flexibility index (Phi) is 3.83. The average molecular weight is 284 g/mol. The first-order valence-corrected chi connectivity index (χ1v) is 7.39. The molecule has 0 atom stereocenters. The number of aromatic nitrogens is 1. The van der Waals surface area contributed by atoms with Gasteiger partial charge in [-0.1, -0.05) is 6.07 Å². The molecule has 7 nitrogen and oxygen atoms in total. The predicted octanol–water partition coefficient (Wildman–Crippen LogP) is -0.649. The van der Waals surface area contributed by atoms with Crippen molar-refractivity contribution in [2.75, 3.05) is 26.2 Å². The molecule has 0 bridgehead atoms. The van der Waals surface area contributed by atoms with Crippen molar-refractivity contribution in [3.63, 3.8) is 0 Å². The van der Waals surface area contributed by atoms with Crippen LogP contribution in [0.1, 0.15) is 16.2 Å². The van der Waals surface area contributed by atoms with Gasteiger partial charge in [-0.05, 0) is 19.1 Å². The van der Waals surface area contributed by atoms with Crippen LogP contribution in [0.5, 0.6) is 0 Å². The molecule has 0 saturated carbocycles. The van der Waals surface area contributed by atoms with Crippen LogP contribution >= 0.6 is 0 Å². The molecule has 1 fully saturated rings. The number of carbonyl (C=O) groups is 1. The molecule has 0 spiro atoms. The Labute approximate surface area is 112 Å². The monoisotopic (exact) mass is 284 g/mol. The van der Waals surface area contributed by atoms with Crippen molar-refractivity contribution >= 4 is 16.1 Å². The Morgan fingerprint density at radius 1 is 1.26 bits per heavy atom. The lowest BCUT2D eigenvalue weighted by atomic mass is 10.2. The number of rotatable bonds is 2. The van der Waals surface area contributed by atoms with Crippen LogP contribution in [0.3, 0.4) is 0 Å². The first-order chi connectivity index (χ1) is 8.88. The molecule has 0 aromatic carbocycles. The minimum Gasteiger partial charge on any atom is -0.335 e. The fourth-order valence-corrected chi connectivity index (χ4v) is 2.64. The summed E-state index contributed by atoms with van der Waals surface area (Å²) in [6.07, 6.45) is 0. The van der Waals surface area contributed by atoms with Gasteiger partial charge in [0.1, 0.15) is 5.69 Å². The van der Waals surface area contributed by atoms with Crippen LogP contribution in [0.15, 0.2) is 18.2 Å². The quantitative estimate of drug-likeness (QED) is 0.780. The lowest BCUT2D eigenvalue weighted by Gasteiger charge is -2.32. The van der Waals surface area contributed by atoms with E-state index in [0.29, 0.717) is 18.8 Å². The summed E-state index contributed by atoms with van der Waals surface area (Å²) in [7, 11) is -3.67. The largest absolute Gasteiger partial charge is 0.335 e. The molecule has 0 radical (unpaired) electrons. The summed E-state index contributed by atoms with van der Waals surface area (Å²) in [5.74, 6) is -0.183. The minimum absolute atomic E-state index is 0.183. The van der Waals surface area contributed by atoms with E-state index in [1.54, 1.807) is 17.0 Å². The number of pyridine rings is 1. The smallest absolute Gasteiger partial charge is 0.277 e. The van der Waals surface area contributed by atoms with Crippen molar-refractivity contribution in [1.29, 1.82) is 0 Å². The molecule has 19 heavy (non-hydrogen) atoms. The van der Waals surface area contributed by atoms with Gasteiger partial charge in [-0.2, -0.15) is 12.7 Å². The summed E-state index contributed by atoms with van der Waals surface area (Å²) in [6.45, 7) is 2.90. The number of aryl methyl sites for hydroxylation is 1. The van der Waals surface area contributed by atoms with Crippen LogP contribution in [-0.4, -0.2) is 54.7 Å². The first-order valence-electron chi connectivity index (χ1n) is 5.89. The zero-order valence-electron chi connectivity index (χ0n) is 10.6. The molecular weight excluding hydrogens is 268 g/mol. The SMILES string of the molecule is Cc1cccc(C(=O)N2CCN(S(N)(=O)=O)CC2)n1. The lowest BCUT2D eigenvalue weighted by Crippen LogP contribution is -2.52. The van der Waals surface area contributed by atoms with Crippen molar-refractivity contribution < 1.29 is 13.2 Å². The van der Waals surface area contributed by atoms with Crippen LogP contribution in [0, 0.1) is 6.92 Å². The van der Waals surface area contributed by atoms with E-state index in [1.165, 1.54) is 4.31 Å². The number of hydrogen-bond donors (Lipinski definition) is 1. The van der Waals surface area contributed by atoms with E-state index in [2.05, 4.69) is 4.98 Å². The molecule has 104 valence electrons. The summed E-state index contributed by atoms with van der Waals surface area (Å²) in [5.41, 5.74) is 1.15. The summed E-state index contributed by atoms with van der Waals surface area (Å²) in [4.78, 5) is 17.9. The van der Waals surface area contributed by atoms with E-state index in [0.717, 1.165) is 5.69 Å². The zero-order valence-corrected chi connectivity index (χ0v) is 11.4. The van der Waals surface area contributed by atoms with Crippen molar-refractivity contribution in [3.8, 4) is 0 Å². The molecule has 1 saturated heterocycles. The number of piperazine rings is 1. The van der Waals surface area contributed by atoms with Gasteiger partial charge in [0.25, 0.3) is 16.1 Å². The Morgan fingerprint density at radius 3 is 2.42 bits per heavy atom. The van der Waals surface area contributed by atoms with E-state index in [-0.39, 0.29) is 19.0 Å². The van der Waals surface area contributed by atoms with Crippen LogP contribution in [0.2, 0.25) is 0 Å². The highest BCUT2D eigenvalue weighted by Gasteiger charge is 2.27. The van der Waals surface area contributed by atoms with E-state index in [1.807, 2.05) is 13.0 Å². The Hall–Kier alpha value is -1.51. The molecule has 2 heterocycles. The second-order valence-corrected chi connectivity index (χ2v) is 5.95. The summed E-state index contributed by atoms with van der Waals surface area (Å²) in [6, 6.07) is 5.24. The van der Waals surface area contributed by atoms with E-state index >= 15 is 0 Å². The summed E-state index contributed by atoms with van der Waals surface area (Å²) in [5, 5.41) is 5.05. The van der Waals surface area contributed by atoms with Crippen LogP contribution in [-0.2, 0) is 10.2 Å². The maximum absolute atomic E-state index is 12.2. The highest BCUT2D eigenvalue weighted by atomic mass is 32.2. The van der Waals surface area contributed by atoms with Gasteiger partial charge in [-0.15, -0.1) is 0 Å². The molecule has 1 aromatic rings. The van der Waals surface area contributed by atoms with Gasteiger partial charge < -0.3 is 4.90 Å². The number of nitrogens with zero attached hydrogens (tertiary/aromatic N) is 3. The Balaban J connectivity index is 2.04. The highest BCUT2D eigenvalue weighted by Crippen LogP contribution is 2.09. The molecular formula is C11H16N4O3S. The van der Waals surface area contributed by atoms with Crippen molar-refractivity contribution in [2.45, 2.75) is 6.92 Å². The first kappa shape index (κ1) is 13.9. The number of carbonyl (C=O) groups excluding carboxylic acids is 1. The lowest BCUT2D eigenvalue weighted by molar-refractivity contribution is 0.0691. The number of hydrogen-bond acceptors (Lipinski definition) is 4. The van der Waals surface area contributed by atoms with Crippen molar-refractivity contribution in [3.05, 3.63) is 29.6 Å². The topological polar surface area (TPSA) is 96.6 Å². The molecule has 8 heteroatoms. The van der Waals surface area contributed by atoms with E-state index in [9.17, 15) is 13.2 Å². The minimum atomic E-state index is -3.67. The third-order valence-corrected chi connectivity index (χ3v) is 4.08. The summed E-state index contributed by atoms with van der Waals surface area (Å²) < 4.78 is 23.5. The molecule has 1 aliphatic heterocycles. The Morgan fingerprint density at radius 2 is 1.89 bits per heavy atom. The molecule has 2 N–H and O–H groups in total. The van der Waals surface area contributed by atoms with Crippen LogP contribution < -0.4 is 5.14 Å². The third-order valence-electron chi connectivity index (χ3n) is 2.99.